The number of hydrogen-bond acceptors (Lipinski definition) is 6. The first-order valence-corrected chi connectivity index (χ1v) is 8.87. The number of rotatable bonds is 7. The zero-order chi connectivity index (χ0) is 19.0. The third kappa shape index (κ3) is 4.84. The van der Waals surface area contributed by atoms with Gasteiger partial charge in [-0.3, -0.25) is 15.0 Å². The standard InChI is InChI=1S/C17H17N5O3S/c1-18-12-16(19-2)26(24,25)15-5-3-14(4-6-15)22-17(23)21-11-13-7-9-20-10-8-13/h3-10,12H,1-2,11H2,(H2,21,22,23)/b16-12+. The lowest BCUT2D eigenvalue weighted by Crippen LogP contribution is -2.28. The van der Waals surface area contributed by atoms with E-state index in [1.54, 1.807) is 24.5 Å². The molecule has 2 aromatic rings. The van der Waals surface area contributed by atoms with Crippen LogP contribution in [-0.2, 0) is 16.4 Å². The lowest BCUT2D eigenvalue weighted by atomic mass is 10.3. The molecule has 2 rings (SSSR count). The number of amides is 2. The molecule has 2 amide bonds. The predicted molar refractivity (Wildman–Crippen MR) is 101 cm³/mol. The van der Waals surface area contributed by atoms with Crippen molar-refractivity contribution in [2.24, 2.45) is 9.98 Å². The van der Waals surface area contributed by atoms with Crippen molar-refractivity contribution in [1.29, 1.82) is 0 Å². The molecule has 0 fully saturated rings. The monoisotopic (exact) mass is 371 g/mol. The highest BCUT2D eigenvalue weighted by molar-refractivity contribution is 7.95. The summed E-state index contributed by atoms with van der Waals surface area (Å²) in [5.41, 5.74) is 1.35. The Balaban J connectivity index is 2.03. The van der Waals surface area contributed by atoms with Crippen LogP contribution in [0.15, 0.2) is 74.9 Å². The maximum Gasteiger partial charge on any atom is 0.319 e. The SMILES string of the molecule is C=N/C=C(\N=C)S(=O)(=O)c1ccc(NC(=O)NCc2ccncc2)cc1. The average molecular weight is 371 g/mol. The summed E-state index contributed by atoms with van der Waals surface area (Å²) in [6.45, 7) is 6.77. The van der Waals surface area contributed by atoms with Crippen LogP contribution in [0.2, 0.25) is 0 Å². The van der Waals surface area contributed by atoms with Crippen LogP contribution in [0.5, 0.6) is 0 Å². The molecule has 0 aliphatic carbocycles. The maximum atomic E-state index is 12.4. The maximum absolute atomic E-state index is 12.4. The Bertz CT molecular complexity index is 923. The molecule has 1 heterocycles. The molecule has 8 nitrogen and oxygen atoms in total. The highest BCUT2D eigenvalue weighted by atomic mass is 32.2. The highest BCUT2D eigenvalue weighted by Gasteiger charge is 2.19. The molecule has 0 aliphatic rings. The zero-order valence-electron chi connectivity index (χ0n) is 13.8. The van der Waals surface area contributed by atoms with E-state index in [1.807, 2.05) is 0 Å². The number of pyridine rings is 1. The number of urea groups is 1. The summed E-state index contributed by atoms with van der Waals surface area (Å²) in [6.07, 6.45) is 4.29. The minimum absolute atomic E-state index is 0.00236. The van der Waals surface area contributed by atoms with E-state index in [0.717, 1.165) is 11.8 Å². The number of anilines is 1. The Morgan fingerprint density at radius 3 is 2.35 bits per heavy atom. The number of nitrogens with one attached hydrogen (secondary N) is 2. The second kappa shape index (κ2) is 8.67. The molecule has 0 aliphatic heterocycles. The highest BCUT2D eigenvalue weighted by Crippen LogP contribution is 2.21. The number of aliphatic imine (C=N–C) groups is 2. The molecule has 0 radical (unpaired) electrons. The van der Waals surface area contributed by atoms with Crippen molar-refractivity contribution in [3.8, 4) is 0 Å². The first-order valence-electron chi connectivity index (χ1n) is 7.39. The van der Waals surface area contributed by atoms with E-state index in [1.165, 1.54) is 24.3 Å². The molecule has 0 unspecified atom stereocenters. The third-order valence-corrected chi connectivity index (χ3v) is 4.94. The molecular weight excluding hydrogens is 354 g/mol. The van der Waals surface area contributed by atoms with Crippen molar-refractivity contribution in [2.45, 2.75) is 11.4 Å². The molecule has 1 aromatic carbocycles. The van der Waals surface area contributed by atoms with E-state index in [0.29, 0.717) is 12.2 Å². The quantitative estimate of drug-likeness (QED) is 0.727. The summed E-state index contributed by atoms with van der Waals surface area (Å²) in [5, 5.41) is 5.01. The Morgan fingerprint density at radius 1 is 1.12 bits per heavy atom. The number of carbonyl (C=O) groups is 1. The Kier molecular flexibility index (Phi) is 6.34. The second-order valence-electron chi connectivity index (χ2n) is 5.00. The number of nitrogens with zero attached hydrogens (tertiary/aromatic N) is 3. The van der Waals surface area contributed by atoms with Gasteiger partial charge in [-0.15, -0.1) is 0 Å². The minimum Gasteiger partial charge on any atom is -0.334 e. The molecular formula is C17H17N5O3S. The van der Waals surface area contributed by atoms with Gasteiger partial charge in [-0.1, -0.05) is 0 Å². The summed E-state index contributed by atoms with van der Waals surface area (Å²) >= 11 is 0. The molecule has 1 aromatic heterocycles. The van der Waals surface area contributed by atoms with Crippen LogP contribution in [0, 0.1) is 0 Å². The zero-order valence-corrected chi connectivity index (χ0v) is 14.6. The molecule has 26 heavy (non-hydrogen) atoms. The summed E-state index contributed by atoms with van der Waals surface area (Å²) in [5.74, 6) is 0. The van der Waals surface area contributed by atoms with Gasteiger partial charge in [-0.2, -0.15) is 0 Å². The number of hydrogen-bond donors (Lipinski definition) is 2. The third-order valence-electron chi connectivity index (χ3n) is 3.26. The molecule has 2 N–H and O–H groups in total. The average Bonchev–Trinajstić information content (AvgIpc) is 2.65. The van der Waals surface area contributed by atoms with Crippen LogP contribution in [0.3, 0.4) is 0 Å². The molecule has 0 atom stereocenters. The van der Waals surface area contributed by atoms with Crippen LogP contribution in [0.1, 0.15) is 5.56 Å². The van der Waals surface area contributed by atoms with Crippen molar-refractivity contribution in [3.63, 3.8) is 0 Å². The molecule has 9 heteroatoms. The Labute approximate surface area is 151 Å². The van der Waals surface area contributed by atoms with E-state index in [2.05, 4.69) is 39.0 Å². The summed E-state index contributed by atoms with van der Waals surface area (Å²) in [6, 6.07) is 8.82. The molecule has 134 valence electrons. The van der Waals surface area contributed by atoms with E-state index in [-0.39, 0.29) is 9.92 Å². The van der Waals surface area contributed by atoms with E-state index >= 15 is 0 Å². The van der Waals surface area contributed by atoms with Gasteiger partial charge in [0, 0.05) is 24.6 Å². The minimum atomic E-state index is -3.84. The first kappa shape index (κ1) is 19.0. The topological polar surface area (TPSA) is 113 Å². The van der Waals surface area contributed by atoms with Gasteiger partial charge in [-0.05, 0) is 55.4 Å². The molecule has 0 saturated heterocycles. The van der Waals surface area contributed by atoms with Crippen molar-refractivity contribution >= 4 is 35.0 Å². The van der Waals surface area contributed by atoms with Gasteiger partial charge in [-0.25, -0.2) is 13.2 Å². The Morgan fingerprint density at radius 2 is 1.77 bits per heavy atom. The lowest BCUT2D eigenvalue weighted by Gasteiger charge is -2.09. The summed E-state index contributed by atoms with van der Waals surface area (Å²) < 4.78 is 24.7. The largest absolute Gasteiger partial charge is 0.334 e. The van der Waals surface area contributed by atoms with Gasteiger partial charge >= 0.3 is 6.03 Å². The van der Waals surface area contributed by atoms with Gasteiger partial charge in [0.25, 0.3) is 0 Å². The van der Waals surface area contributed by atoms with Gasteiger partial charge in [0.15, 0.2) is 5.03 Å². The van der Waals surface area contributed by atoms with Crippen LogP contribution < -0.4 is 10.6 Å². The van der Waals surface area contributed by atoms with Crippen LogP contribution >= 0.6 is 0 Å². The van der Waals surface area contributed by atoms with Crippen LogP contribution in [0.25, 0.3) is 0 Å². The smallest absolute Gasteiger partial charge is 0.319 e. The van der Waals surface area contributed by atoms with Gasteiger partial charge < -0.3 is 10.6 Å². The fourth-order valence-corrected chi connectivity index (χ4v) is 3.09. The number of carbonyl (C=O) groups excluding carboxylic acids is 1. The molecule has 0 bridgehead atoms. The van der Waals surface area contributed by atoms with Crippen molar-refractivity contribution in [1.82, 2.24) is 10.3 Å². The predicted octanol–water partition coefficient (Wildman–Crippen LogP) is 2.38. The van der Waals surface area contributed by atoms with Crippen molar-refractivity contribution < 1.29 is 13.2 Å². The van der Waals surface area contributed by atoms with E-state index in [9.17, 15) is 13.2 Å². The first-order chi connectivity index (χ1) is 12.5. The number of benzene rings is 1. The number of aromatic nitrogens is 1. The number of sulfone groups is 1. The van der Waals surface area contributed by atoms with Crippen molar-refractivity contribution in [3.05, 3.63) is 65.6 Å². The van der Waals surface area contributed by atoms with E-state index < -0.39 is 15.9 Å². The lowest BCUT2D eigenvalue weighted by molar-refractivity contribution is 0.251. The molecule has 0 spiro atoms. The van der Waals surface area contributed by atoms with Crippen molar-refractivity contribution in [2.75, 3.05) is 5.32 Å². The van der Waals surface area contributed by atoms with Crippen LogP contribution in [-0.4, -0.2) is 32.9 Å². The Hall–Kier alpha value is -3.33. The normalized spacial score (nSPS) is 11.5. The van der Waals surface area contributed by atoms with Gasteiger partial charge in [0.05, 0.1) is 11.1 Å². The van der Waals surface area contributed by atoms with Crippen LogP contribution in [0.4, 0.5) is 10.5 Å². The fraction of sp³-hybridized carbons (Fsp3) is 0.0588. The molecule has 0 saturated carbocycles. The second-order valence-corrected chi connectivity index (χ2v) is 6.90. The van der Waals surface area contributed by atoms with Gasteiger partial charge in [0.1, 0.15) is 0 Å². The van der Waals surface area contributed by atoms with Gasteiger partial charge in [0.2, 0.25) is 9.84 Å². The summed E-state index contributed by atoms with van der Waals surface area (Å²) in [7, 11) is -3.84. The van der Waals surface area contributed by atoms with E-state index in [4.69, 9.17) is 0 Å². The summed E-state index contributed by atoms with van der Waals surface area (Å²) in [4.78, 5) is 22.7. The fourth-order valence-electron chi connectivity index (χ4n) is 1.97.